The molecule has 3 nitrogen and oxygen atoms in total. The zero-order chi connectivity index (χ0) is 7.33. The van der Waals surface area contributed by atoms with Crippen LogP contribution in [-0.4, -0.2) is 9.79 Å². The first kappa shape index (κ1) is 8.63. The van der Waals surface area contributed by atoms with Gasteiger partial charge in [0.25, 0.3) is 0 Å². The second-order valence-electron chi connectivity index (χ2n) is 1.46. The van der Waals surface area contributed by atoms with Crippen LogP contribution in [0, 0.1) is 0 Å². The van der Waals surface area contributed by atoms with Gasteiger partial charge in [0.1, 0.15) is 0 Å². The molecule has 2 N–H and O–H groups in total. The van der Waals surface area contributed by atoms with E-state index in [1.807, 2.05) is 0 Å². The van der Waals surface area contributed by atoms with Crippen molar-refractivity contribution in [1.29, 1.82) is 0 Å². The minimum Gasteiger partial charge on any atom is -0.321 e. The molecule has 0 rings (SSSR count). The predicted molar refractivity (Wildman–Crippen MR) is 36.0 cm³/mol. The molecule has 0 saturated heterocycles. The van der Waals surface area contributed by atoms with Crippen molar-refractivity contribution in [2.45, 2.75) is 6.92 Å². The van der Waals surface area contributed by atoms with Crippen LogP contribution in [0.3, 0.4) is 0 Å². The van der Waals surface area contributed by atoms with Gasteiger partial charge in [0.05, 0.1) is 0 Å². The molecule has 0 bridgehead atoms. The van der Waals surface area contributed by atoms with E-state index in [9.17, 15) is 4.57 Å². The molecule has 0 radical (unpaired) electrons. The molecule has 0 aliphatic heterocycles. The fourth-order valence-corrected chi connectivity index (χ4v) is 0.597. The van der Waals surface area contributed by atoms with Gasteiger partial charge in [-0.1, -0.05) is 18.2 Å². The van der Waals surface area contributed by atoms with Gasteiger partial charge in [-0.3, -0.25) is 4.57 Å². The van der Waals surface area contributed by atoms with Crippen molar-refractivity contribution in [3.63, 3.8) is 0 Å². The van der Waals surface area contributed by atoms with Crippen LogP contribution in [-0.2, 0) is 4.57 Å². The molecular weight excluding hydrogens is 139 g/mol. The SMILES string of the molecule is C/C=C/C=C/P(=O)(O)O. The molecule has 0 unspecified atom stereocenters. The Morgan fingerprint density at radius 3 is 2.22 bits per heavy atom. The Kier molecular flexibility index (Phi) is 3.47. The Morgan fingerprint density at radius 1 is 1.33 bits per heavy atom. The van der Waals surface area contributed by atoms with E-state index in [1.165, 1.54) is 6.08 Å². The number of hydrogen-bond donors (Lipinski definition) is 2. The molecule has 0 amide bonds. The molecule has 4 heteroatoms. The van der Waals surface area contributed by atoms with Gasteiger partial charge in [0.15, 0.2) is 0 Å². The van der Waals surface area contributed by atoms with Gasteiger partial charge in [-0.05, 0) is 6.92 Å². The van der Waals surface area contributed by atoms with Crippen LogP contribution < -0.4 is 0 Å². The summed E-state index contributed by atoms with van der Waals surface area (Å²) < 4.78 is 10.1. The van der Waals surface area contributed by atoms with Crippen LogP contribution >= 0.6 is 7.60 Å². The molecule has 0 aliphatic rings. The van der Waals surface area contributed by atoms with E-state index in [-0.39, 0.29) is 0 Å². The van der Waals surface area contributed by atoms with E-state index in [0.717, 1.165) is 5.82 Å². The number of allylic oxidation sites excluding steroid dienone is 3. The average Bonchev–Trinajstić information content (AvgIpc) is 1.63. The molecule has 0 aromatic rings. The Bertz CT molecular complexity index is 165. The zero-order valence-electron chi connectivity index (χ0n) is 5.06. The monoisotopic (exact) mass is 148 g/mol. The van der Waals surface area contributed by atoms with Crippen molar-refractivity contribution >= 4 is 7.60 Å². The molecular formula is C5H9O3P. The second-order valence-corrected chi connectivity index (χ2v) is 2.93. The standard InChI is InChI=1S/C5H9O3P/c1-2-3-4-5-9(6,7)8/h2-5H,1H3,(H2,6,7,8)/b3-2+,5-4+. The molecule has 0 heterocycles. The summed E-state index contributed by atoms with van der Waals surface area (Å²) >= 11 is 0. The van der Waals surface area contributed by atoms with Crippen molar-refractivity contribution in [1.82, 2.24) is 0 Å². The van der Waals surface area contributed by atoms with E-state index in [0.29, 0.717) is 0 Å². The third-order valence-corrected chi connectivity index (χ3v) is 1.14. The van der Waals surface area contributed by atoms with E-state index < -0.39 is 7.60 Å². The van der Waals surface area contributed by atoms with Crippen molar-refractivity contribution in [3.8, 4) is 0 Å². The lowest BCUT2D eigenvalue weighted by atomic mass is 10.5. The van der Waals surface area contributed by atoms with Gasteiger partial charge in [0, 0.05) is 5.82 Å². The lowest BCUT2D eigenvalue weighted by Gasteiger charge is -1.90. The molecule has 0 aliphatic carbocycles. The lowest BCUT2D eigenvalue weighted by molar-refractivity contribution is 0.386. The van der Waals surface area contributed by atoms with Crippen LogP contribution in [0.25, 0.3) is 0 Å². The summed E-state index contributed by atoms with van der Waals surface area (Å²) in [5.41, 5.74) is 0. The van der Waals surface area contributed by atoms with Crippen LogP contribution in [0.4, 0.5) is 0 Å². The van der Waals surface area contributed by atoms with Crippen molar-refractivity contribution in [3.05, 3.63) is 24.0 Å². The van der Waals surface area contributed by atoms with Crippen molar-refractivity contribution in [2.75, 3.05) is 0 Å². The Hall–Kier alpha value is -0.370. The lowest BCUT2D eigenvalue weighted by Crippen LogP contribution is -1.66. The van der Waals surface area contributed by atoms with Gasteiger partial charge >= 0.3 is 7.60 Å². The summed E-state index contributed by atoms with van der Waals surface area (Å²) in [4.78, 5) is 16.5. The smallest absolute Gasteiger partial charge is 0.321 e. The van der Waals surface area contributed by atoms with Gasteiger partial charge in [-0.15, -0.1) is 0 Å². The summed E-state index contributed by atoms with van der Waals surface area (Å²) in [6, 6.07) is 0. The van der Waals surface area contributed by atoms with Gasteiger partial charge < -0.3 is 9.79 Å². The maximum atomic E-state index is 10.1. The minimum absolute atomic E-state index is 0.854. The first-order chi connectivity index (χ1) is 4.06. The molecule has 0 spiro atoms. The Labute approximate surface area is 53.9 Å². The van der Waals surface area contributed by atoms with E-state index in [4.69, 9.17) is 9.79 Å². The average molecular weight is 148 g/mol. The van der Waals surface area contributed by atoms with Crippen LogP contribution in [0.15, 0.2) is 24.0 Å². The van der Waals surface area contributed by atoms with Crippen molar-refractivity contribution < 1.29 is 14.4 Å². The van der Waals surface area contributed by atoms with E-state index >= 15 is 0 Å². The molecule has 52 valence electrons. The highest BCUT2D eigenvalue weighted by atomic mass is 31.2. The highest BCUT2D eigenvalue weighted by Gasteiger charge is 2.02. The van der Waals surface area contributed by atoms with E-state index in [1.54, 1.807) is 19.1 Å². The summed E-state index contributed by atoms with van der Waals surface area (Å²) in [5.74, 6) is 0.854. The maximum absolute atomic E-state index is 10.1. The third kappa shape index (κ3) is 7.63. The van der Waals surface area contributed by atoms with Crippen LogP contribution in [0.1, 0.15) is 6.92 Å². The van der Waals surface area contributed by atoms with Crippen LogP contribution in [0.2, 0.25) is 0 Å². The van der Waals surface area contributed by atoms with Crippen LogP contribution in [0.5, 0.6) is 0 Å². The molecule has 0 atom stereocenters. The zero-order valence-corrected chi connectivity index (χ0v) is 5.95. The summed E-state index contributed by atoms with van der Waals surface area (Å²) in [6.45, 7) is 1.77. The normalized spacial score (nSPS) is 13.7. The Balaban J connectivity index is 3.86. The molecule has 0 aromatic heterocycles. The Morgan fingerprint density at radius 2 is 1.89 bits per heavy atom. The molecule has 9 heavy (non-hydrogen) atoms. The van der Waals surface area contributed by atoms with Gasteiger partial charge in [-0.2, -0.15) is 0 Å². The molecule has 0 fully saturated rings. The summed E-state index contributed by atoms with van der Waals surface area (Å²) in [6.07, 6.45) is 4.56. The largest absolute Gasteiger partial charge is 0.349 e. The first-order valence-electron chi connectivity index (χ1n) is 2.42. The van der Waals surface area contributed by atoms with E-state index in [2.05, 4.69) is 0 Å². The topological polar surface area (TPSA) is 57.5 Å². The first-order valence-corrected chi connectivity index (χ1v) is 4.10. The fraction of sp³-hybridized carbons (Fsp3) is 0.200. The third-order valence-electron chi connectivity index (χ3n) is 0.584. The summed E-state index contributed by atoms with van der Waals surface area (Å²) in [7, 11) is -3.93. The highest BCUT2D eigenvalue weighted by Crippen LogP contribution is 2.35. The summed E-state index contributed by atoms with van der Waals surface area (Å²) in [5, 5.41) is 0. The highest BCUT2D eigenvalue weighted by molar-refractivity contribution is 7.55. The number of hydrogen-bond acceptors (Lipinski definition) is 1. The van der Waals surface area contributed by atoms with Crippen molar-refractivity contribution in [2.24, 2.45) is 0 Å². The van der Waals surface area contributed by atoms with Gasteiger partial charge in [-0.25, -0.2) is 0 Å². The van der Waals surface area contributed by atoms with Gasteiger partial charge in [0.2, 0.25) is 0 Å². The number of rotatable bonds is 2. The second kappa shape index (κ2) is 3.62. The molecule has 0 saturated carbocycles. The maximum Gasteiger partial charge on any atom is 0.349 e. The minimum atomic E-state index is -3.93. The predicted octanol–water partition coefficient (Wildman–Crippen LogP) is 1.25. The quantitative estimate of drug-likeness (QED) is 0.457. The fourth-order valence-electron chi connectivity index (χ4n) is 0.273. The molecule has 0 aromatic carbocycles.